The van der Waals surface area contributed by atoms with Crippen LogP contribution in [0.4, 0.5) is 4.39 Å². The van der Waals surface area contributed by atoms with Crippen molar-refractivity contribution < 1.29 is 19.0 Å². The van der Waals surface area contributed by atoms with E-state index in [1.807, 2.05) is 0 Å². The van der Waals surface area contributed by atoms with Gasteiger partial charge in [-0.3, -0.25) is 4.79 Å². The van der Waals surface area contributed by atoms with Crippen LogP contribution in [0.5, 0.6) is 5.75 Å². The summed E-state index contributed by atoms with van der Waals surface area (Å²) in [6.45, 7) is 3.78. The van der Waals surface area contributed by atoms with Crippen LogP contribution in [0.15, 0.2) is 54.6 Å². The minimum Gasteiger partial charge on any atom is -0.493 e. The molecule has 1 aliphatic heterocycles. The van der Waals surface area contributed by atoms with Crippen LogP contribution in [0.3, 0.4) is 0 Å². The third kappa shape index (κ3) is 5.13. The average Bonchev–Trinajstić information content (AvgIpc) is 3.60. The Morgan fingerprint density at radius 1 is 1.09 bits per heavy atom. The lowest BCUT2D eigenvalue weighted by atomic mass is 9.68. The molecule has 2 aromatic rings. The minimum atomic E-state index is -0.646. The molecule has 1 saturated heterocycles. The van der Waals surface area contributed by atoms with Crippen LogP contribution in [0.1, 0.15) is 50.0 Å². The van der Waals surface area contributed by atoms with E-state index in [0.29, 0.717) is 30.9 Å². The summed E-state index contributed by atoms with van der Waals surface area (Å²) in [7, 11) is 0. The Hall–Kier alpha value is -2.44. The number of likely N-dealkylation sites (tertiary alicyclic amines) is 1. The maximum absolute atomic E-state index is 13.7. The molecule has 182 valence electrons. The molecule has 0 aromatic heterocycles. The maximum atomic E-state index is 13.7. The highest BCUT2D eigenvalue weighted by molar-refractivity contribution is 5.76. The molecule has 0 unspecified atom stereocenters. The SMILES string of the molecule is O=C(O)C1(CN2CCC(CN[C@@H]3C[C@H]3c3ccccc3)(COc3cccc(F)c3)CC2)CCC1. The standard InChI is InChI=1S/C28H35FN2O3/c29-22-8-4-9-23(16-22)34-20-27(18-30-25-17-24(25)21-6-2-1-3-7-21)12-14-31(15-13-27)19-28(26(32)33)10-5-11-28/h1-4,6-9,16,24-25,30H,5,10-15,17-20H2,(H,32,33)/t24-,25+/m0/s1. The average molecular weight is 467 g/mol. The van der Waals surface area contributed by atoms with Crippen LogP contribution < -0.4 is 10.1 Å². The summed E-state index contributed by atoms with van der Waals surface area (Å²) in [4.78, 5) is 14.2. The van der Waals surface area contributed by atoms with Crippen molar-refractivity contribution in [1.82, 2.24) is 10.2 Å². The van der Waals surface area contributed by atoms with E-state index in [1.54, 1.807) is 12.1 Å². The zero-order valence-corrected chi connectivity index (χ0v) is 19.7. The molecule has 2 N–H and O–H groups in total. The third-order valence-electron chi connectivity index (χ3n) is 8.31. The fourth-order valence-corrected chi connectivity index (χ4v) is 5.66. The summed E-state index contributed by atoms with van der Waals surface area (Å²) in [6.07, 6.45) is 5.62. The molecule has 1 heterocycles. The Balaban J connectivity index is 1.21. The highest BCUT2D eigenvalue weighted by Gasteiger charge is 2.47. The van der Waals surface area contributed by atoms with Crippen LogP contribution in [0, 0.1) is 16.6 Å². The van der Waals surface area contributed by atoms with Gasteiger partial charge in [0.15, 0.2) is 0 Å². The van der Waals surface area contributed by atoms with Gasteiger partial charge in [-0.15, -0.1) is 0 Å². The lowest BCUT2D eigenvalue weighted by Crippen LogP contribution is -2.53. The Morgan fingerprint density at radius 3 is 2.50 bits per heavy atom. The van der Waals surface area contributed by atoms with Crippen LogP contribution >= 0.6 is 0 Å². The van der Waals surface area contributed by atoms with Gasteiger partial charge in [-0.25, -0.2) is 4.39 Å². The van der Waals surface area contributed by atoms with E-state index >= 15 is 0 Å². The van der Waals surface area contributed by atoms with Crippen molar-refractivity contribution in [2.24, 2.45) is 10.8 Å². The second-order valence-electron chi connectivity index (χ2n) is 10.7. The molecule has 5 nitrogen and oxygen atoms in total. The number of nitrogens with one attached hydrogen (secondary N) is 1. The predicted molar refractivity (Wildman–Crippen MR) is 130 cm³/mol. The molecular weight excluding hydrogens is 431 g/mol. The Morgan fingerprint density at radius 2 is 1.85 bits per heavy atom. The fourth-order valence-electron chi connectivity index (χ4n) is 5.66. The number of aliphatic carboxylic acids is 1. The molecule has 0 radical (unpaired) electrons. The first-order valence-electron chi connectivity index (χ1n) is 12.6. The van der Waals surface area contributed by atoms with Crippen molar-refractivity contribution in [3.8, 4) is 5.75 Å². The minimum absolute atomic E-state index is 0.0529. The number of ether oxygens (including phenoxy) is 1. The van der Waals surface area contributed by atoms with E-state index in [-0.39, 0.29) is 11.2 Å². The number of hydrogen-bond acceptors (Lipinski definition) is 4. The molecule has 2 saturated carbocycles. The van der Waals surface area contributed by atoms with Gasteiger partial charge in [-0.1, -0.05) is 42.8 Å². The van der Waals surface area contributed by atoms with Crippen molar-refractivity contribution in [3.63, 3.8) is 0 Å². The van der Waals surface area contributed by atoms with Gasteiger partial charge in [0.2, 0.25) is 0 Å². The van der Waals surface area contributed by atoms with Crippen molar-refractivity contribution in [2.45, 2.75) is 50.5 Å². The van der Waals surface area contributed by atoms with Crippen LogP contribution in [-0.2, 0) is 4.79 Å². The highest BCUT2D eigenvalue weighted by Crippen LogP contribution is 2.44. The van der Waals surface area contributed by atoms with Gasteiger partial charge in [0.25, 0.3) is 0 Å². The van der Waals surface area contributed by atoms with Gasteiger partial charge in [-0.05, 0) is 62.9 Å². The molecule has 6 heteroatoms. The fraction of sp³-hybridized carbons (Fsp3) is 0.536. The first-order chi connectivity index (χ1) is 16.5. The second-order valence-corrected chi connectivity index (χ2v) is 10.7. The Labute approximate surface area is 201 Å². The van der Waals surface area contributed by atoms with Crippen molar-refractivity contribution >= 4 is 5.97 Å². The smallest absolute Gasteiger partial charge is 0.310 e. The summed E-state index contributed by atoms with van der Waals surface area (Å²) in [5, 5.41) is 13.5. The summed E-state index contributed by atoms with van der Waals surface area (Å²) in [5.41, 5.74) is 0.787. The molecular formula is C28H35FN2O3. The number of carbonyl (C=O) groups is 1. The van der Waals surface area contributed by atoms with E-state index < -0.39 is 11.4 Å². The number of piperidine rings is 1. The van der Waals surface area contributed by atoms with Crippen LogP contribution in [0.2, 0.25) is 0 Å². The van der Waals surface area contributed by atoms with Gasteiger partial charge < -0.3 is 20.1 Å². The zero-order chi connectivity index (χ0) is 23.6. The number of nitrogens with zero attached hydrogens (tertiary/aromatic N) is 1. The maximum Gasteiger partial charge on any atom is 0.310 e. The van der Waals surface area contributed by atoms with Crippen molar-refractivity contribution in [1.29, 1.82) is 0 Å². The van der Waals surface area contributed by atoms with E-state index in [1.165, 1.54) is 17.7 Å². The molecule has 0 bridgehead atoms. The molecule has 5 rings (SSSR count). The molecule has 3 aliphatic rings. The van der Waals surface area contributed by atoms with Gasteiger partial charge in [0, 0.05) is 36.5 Å². The number of rotatable bonds is 10. The number of carboxylic acids is 1. The number of benzene rings is 2. The van der Waals surface area contributed by atoms with Crippen molar-refractivity contribution in [3.05, 3.63) is 66.0 Å². The molecule has 0 spiro atoms. The van der Waals surface area contributed by atoms with Crippen molar-refractivity contribution in [2.75, 3.05) is 32.8 Å². The molecule has 3 fully saturated rings. The number of hydrogen-bond donors (Lipinski definition) is 2. The quantitative estimate of drug-likeness (QED) is 0.532. The van der Waals surface area contributed by atoms with E-state index in [0.717, 1.165) is 58.2 Å². The molecule has 34 heavy (non-hydrogen) atoms. The Kier molecular flexibility index (Phi) is 6.63. The summed E-state index contributed by atoms with van der Waals surface area (Å²) in [5.74, 6) is 0.196. The number of halogens is 1. The molecule has 2 atom stereocenters. The first-order valence-corrected chi connectivity index (χ1v) is 12.6. The number of carboxylic acid groups (broad SMARTS) is 1. The second kappa shape index (κ2) is 9.67. The summed E-state index contributed by atoms with van der Waals surface area (Å²) in [6, 6.07) is 17.5. The lowest BCUT2D eigenvalue weighted by Gasteiger charge is -2.46. The van der Waals surface area contributed by atoms with E-state index in [4.69, 9.17) is 4.74 Å². The highest BCUT2D eigenvalue weighted by atomic mass is 19.1. The van der Waals surface area contributed by atoms with Gasteiger partial charge >= 0.3 is 5.97 Å². The third-order valence-corrected chi connectivity index (χ3v) is 8.31. The van der Waals surface area contributed by atoms with Gasteiger partial charge in [0.05, 0.1) is 12.0 Å². The monoisotopic (exact) mass is 466 g/mol. The molecule has 2 aliphatic carbocycles. The van der Waals surface area contributed by atoms with E-state index in [9.17, 15) is 14.3 Å². The van der Waals surface area contributed by atoms with Crippen LogP contribution in [-0.4, -0.2) is 54.8 Å². The zero-order valence-electron chi connectivity index (χ0n) is 19.7. The van der Waals surface area contributed by atoms with Gasteiger partial charge in [-0.2, -0.15) is 0 Å². The molecule has 2 aromatic carbocycles. The molecule has 0 amide bonds. The predicted octanol–water partition coefficient (Wildman–Crippen LogP) is 4.69. The topological polar surface area (TPSA) is 61.8 Å². The van der Waals surface area contributed by atoms with E-state index in [2.05, 4.69) is 40.5 Å². The van der Waals surface area contributed by atoms with Crippen LogP contribution in [0.25, 0.3) is 0 Å². The summed E-state index contributed by atoms with van der Waals surface area (Å²) < 4.78 is 19.8. The lowest BCUT2D eigenvalue weighted by molar-refractivity contribution is -0.156. The van der Waals surface area contributed by atoms with Gasteiger partial charge in [0.1, 0.15) is 11.6 Å². The summed E-state index contributed by atoms with van der Waals surface area (Å²) >= 11 is 0. The normalized spacial score (nSPS) is 25.3. The first kappa shape index (κ1) is 23.3. The Bertz CT molecular complexity index is 986. The largest absolute Gasteiger partial charge is 0.493 e.